The van der Waals surface area contributed by atoms with Gasteiger partial charge in [0.25, 0.3) is 17.7 Å². The second-order valence-corrected chi connectivity index (χ2v) is 3.87. The van der Waals surface area contributed by atoms with E-state index >= 15 is 0 Å². The fourth-order valence-corrected chi connectivity index (χ4v) is 1.14. The first kappa shape index (κ1) is 14.7. The van der Waals surface area contributed by atoms with E-state index in [9.17, 15) is 14.4 Å². The third-order valence-corrected chi connectivity index (χ3v) is 2.18. The predicted molar refractivity (Wildman–Crippen MR) is 68.7 cm³/mol. The van der Waals surface area contributed by atoms with E-state index in [1.807, 2.05) is 0 Å². The molecule has 0 aliphatic heterocycles. The molecule has 19 heavy (non-hydrogen) atoms. The lowest BCUT2D eigenvalue weighted by Crippen LogP contribution is -2.50. The van der Waals surface area contributed by atoms with Crippen LogP contribution in [0.2, 0.25) is 0 Å². The van der Waals surface area contributed by atoms with Gasteiger partial charge < -0.3 is 11.1 Å². The van der Waals surface area contributed by atoms with Gasteiger partial charge in [0, 0.05) is 5.56 Å². The molecular weight excluding hydrogens is 248 g/mol. The number of nitrogens with one attached hydrogen (secondary N) is 3. The van der Waals surface area contributed by atoms with Crippen LogP contribution in [0, 0.1) is 0 Å². The molecule has 0 saturated heterocycles. The molecule has 3 amide bonds. The Bertz CT molecular complexity index is 459. The molecule has 0 bridgehead atoms. The number of hydrogen-bond acceptors (Lipinski definition) is 4. The fraction of sp³-hybridized carbons (Fsp3) is 0.250. The summed E-state index contributed by atoms with van der Waals surface area (Å²) in [5, 5.41) is 2.42. The number of nitrogens with two attached hydrogens (primary N) is 1. The van der Waals surface area contributed by atoms with Crippen LogP contribution in [0.15, 0.2) is 30.3 Å². The van der Waals surface area contributed by atoms with Crippen molar-refractivity contribution >= 4 is 17.7 Å². The summed E-state index contributed by atoms with van der Waals surface area (Å²) in [4.78, 5) is 34.0. The fourth-order valence-electron chi connectivity index (χ4n) is 1.14. The lowest BCUT2D eigenvalue weighted by atomic mass is 10.2. The molecule has 0 spiro atoms. The molecule has 0 aromatic heterocycles. The van der Waals surface area contributed by atoms with Crippen molar-refractivity contribution in [2.75, 3.05) is 6.54 Å². The summed E-state index contributed by atoms with van der Waals surface area (Å²) in [6, 6.07) is 7.76. The molecule has 1 atom stereocenters. The van der Waals surface area contributed by atoms with E-state index in [1.54, 1.807) is 30.3 Å². The number of benzene rings is 1. The van der Waals surface area contributed by atoms with Crippen LogP contribution >= 0.6 is 0 Å². The largest absolute Gasteiger partial charge is 0.343 e. The van der Waals surface area contributed by atoms with Gasteiger partial charge in [0.05, 0.1) is 12.6 Å². The van der Waals surface area contributed by atoms with Gasteiger partial charge in [-0.15, -0.1) is 0 Å². The van der Waals surface area contributed by atoms with Crippen molar-refractivity contribution < 1.29 is 14.4 Å². The summed E-state index contributed by atoms with van der Waals surface area (Å²) in [5.74, 6) is -1.42. The molecule has 1 aromatic carbocycles. The number of hydrazine groups is 1. The summed E-state index contributed by atoms with van der Waals surface area (Å²) in [7, 11) is 0. The van der Waals surface area contributed by atoms with Crippen LogP contribution < -0.4 is 21.9 Å². The van der Waals surface area contributed by atoms with Crippen molar-refractivity contribution in [1.29, 1.82) is 0 Å². The quantitative estimate of drug-likeness (QED) is 0.517. The van der Waals surface area contributed by atoms with Gasteiger partial charge in [0.2, 0.25) is 0 Å². The van der Waals surface area contributed by atoms with Gasteiger partial charge in [-0.3, -0.25) is 25.2 Å². The highest BCUT2D eigenvalue weighted by atomic mass is 16.2. The maximum Gasteiger partial charge on any atom is 0.257 e. The molecule has 102 valence electrons. The summed E-state index contributed by atoms with van der Waals surface area (Å²) in [6.45, 7) is 1.24. The molecule has 1 aromatic rings. The second-order valence-electron chi connectivity index (χ2n) is 3.87. The summed E-state index contributed by atoms with van der Waals surface area (Å²) in [6.07, 6.45) is 0. The van der Waals surface area contributed by atoms with Crippen molar-refractivity contribution in [2.24, 2.45) is 5.73 Å². The molecule has 7 nitrogen and oxygen atoms in total. The normalized spacial score (nSPS) is 11.3. The van der Waals surface area contributed by atoms with Crippen molar-refractivity contribution in [3.63, 3.8) is 0 Å². The highest BCUT2D eigenvalue weighted by Gasteiger charge is 2.10. The minimum absolute atomic E-state index is 0.243. The van der Waals surface area contributed by atoms with Crippen LogP contribution in [0.5, 0.6) is 0 Å². The van der Waals surface area contributed by atoms with E-state index in [2.05, 4.69) is 16.2 Å². The molecule has 0 fully saturated rings. The molecular formula is C12H16N4O3. The smallest absolute Gasteiger partial charge is 0.257 e. The first-order chi connectivity index (χ1) is 9.00. The van der Waals surface area contributed by atoms with Crippen molar-refractivity contribution in [1.82, 2.24) is 16.2 Å². The number of rotatable bonds is 4. The lowest BCUT2D eigenvalue weighted by molar-refractivity contribution is -0.128. The molecule has 7 heteroatoms. The zero-order chi connectivity index (χ0) is 14.3. The molecule has 1 unspecified atom stereocenters. The van der Waals surface area contributed by atoms with E-state index in [4.69, 9.17) is 5.73 Å². The maximum absolute atomic E-state index is 11.6. The van der Waals surface area contributed by atoms with Gasteiger partial charge in [0.15, 0.2) is 0 Å². The Kier molecular flexibility index (Phi) is 5.49. The minimum Gasteiger partial charge on any atom is -0.343 e. The average Bonchev–Trinajstić information content (AvgIpc) is 2.42. The molecule has 0 radical (unpaired) electrons. The minimum atomic E-state index is -0.723. The van der Waals surface area contributed by atoms with Crippen LogP contribution in [0.3, 0.4) is 0 Å². The number of hydrogen-bond donors (Lipinski definition) is 4. The van der Waals surface area contributed by atoms with Crippen LogP contribution in [-0.4, -0.2) is 30.3 Å². The highest BCUT2D eigenvalue weighted by Crippen LogP contribution is 1.96. The van der Waals surface area contributed by atoms with Gasteiger partial charge in [-0.25, -0.2) is 0 Å². The van der Waals surface area contributed by atoms with Gasteiger partial charge in [-0.2, -0.15) is 0 Å². The maximum atomic E-state index is 11.6. The zero-order valence-corrected chi connectivity index (χ0v) is 10.5. The molecule has 0 saturated carbocycles. The lowest BCUT2D eigenvalue weighted by Gasteiger charge is -2.09. The highest BCUT2D eigenvalue weighted by molar-refractivity contribution is 5.96. The Morgan fingerprint density at radius 3 is 2.37 bits per heavy atom. The van der Waals surface area contributed by atoms with Crippen molar-refractivity contribution in [3.05, 3.63) is 35.9 Å². The van der Waals surface area contributed by atoms with E-state index < -0.39 is 17.9 Å². The van der Waals surface area contributed by atoms with E-state index in [1.165, 1.54) is 6.92 Å². The Morgan fingerprint density at radius 1 is 1.16 bits per heavy atom. The van der Waals surface area contributed by atoms with Crippen LogP contribution in [0.4, 0.5) is 0 Å². The zero-order valence-electron chi connectivity index (χ0n) is 10.5. The van der Waals surface area contributed by atoms with E-state index in [-0.39, 0.29) is 12.5 Å². The van der Waals surface area contributed by atoms with Crippen LogP contribution in [-0.2, 0) is 9.59 Å². The average molecular weight is 264 g/mol. The van der Waals surface area contributed by atoms with Gasteiger partial charge in [-0.1, -0.05) is 18.2 Å². The topological polar surface area (TPSA) is 113 Å². The molecule has 5 N–H and O–H groups in total. The Hall–Kier alpha value is -2.41. The van der Waals surface area contributed by atoms with Gasteiger partial charge in [0.1, 0.15) is 0 Å². The Balaban J connectivity index is 2.31. The van der Waals surface area contributed by atoms with Crippen LogP contribution in [0.1, 0.15) is 17.3 Å². The van der Waals surface area contributed by atoms with Crippen LogP contribution in [0.25, 0.3) is 0 Å². The molecule has 1 rings (SSSR count). The standard InChI is InChI=1S/C12H16N4O3/c1-8(13)11(18)16-15-10(17)7-14-12(19)9-5-3-2-4-6-9/h2-6,8H,7,13H2,1H3,(H,14,19)(H,15,17)(H,16,18). The monoisotopic (exact) mass is 264 g/mol. The van der Waals surface area contributed by atoms with E-state index in [0.717, 1.165) is 0 Å². The van der Waals surface area contributed by atoms with Gasteiger partial charge in [-0.05, 0) is 19.1 Å². The first-order valence-corrected chi connectivity index (χ1v) is 5.68. The third-order valence-electron chi connectivity index (χ3n) is 2.18. The third kappa shape index (κ3) is 5.17. The number of carbonyl (C=O) groups is 3. The molecule has 0 aliphatic carbocycles. The summed E-state index contributed by atoms with van der Waals surface area (Å²) >= 11 is 0. The first-order valence-electron chi connectivity index (χ1n) is 5.68. The molecule has 0 heterocycles. The summed E-state index contributed by atoms with van der Waals surface area (Å²) in [5.41, 5.74) is 10.0. The predicted octanol–water partition coefficient (Wildman–Crippen LogP) is -1.09. The van der Waals surface area contributed by atoms with Crippen molar-refractivity contribution in [2.45, 2.75) is 13.0 Å². The van der Waals surface area contributed by atoms with E-state index in [0.29, 0.717) is 5.56 Å². The van der Waals surface area contributed by atoms with Gasteiger partial charge >= 0.3 is 0 Å². The summed E-state index contributed by atoms with van der Waals surface area (Å²) < 4.78 is 0. The Labute approximate surface area is 110 Å². The molecule has 0 aliphatic rings. The van der Waals surface area contributed by atoms with Crippen molar-refractivity contribution in [3.8, 4) is 0 Å². The SMILES string of the molecule is CC(N)C(=O)NNC(=O)CNC(=O)c1ccccc1. The Morgan fingerprint density at radius 2 is 1.79 bits per heavy atom. The number of amides is 3. The second kappa shape index (κ2) is 7.12. The number of carbonyl (C=O) groups excluding carboxylic acids is 3.